The lowest BCUT2D eigenvalue weighted by Crippen LogP contribution is -2.46. The summed E-state index contributed by atoms with van der Waals surface area (Å²) >= 11 is 0. The van der Waals surface area contributed by atoms with Crippen molar-refractivity contribution < 1.29 is 28.9 Å². The Morgan fingerprint density at radius 2 is 1.68 bits per heavy atom. The molecule has 1 heterocycles. The molecule has 0 atom stereocenters. The molecule has 1 aliphatic heterocycles. The third kappa shape index (κ3) is 3.23. The summed E-state index contributed by atoms with van der Waals surface area (Å²) in [5, 5.41) is 9.27. The van der Waals surface area contributed by atoms with Gasteiger partial charge in [-0.1, -0.05) is 6.07 Å². The van der Waals surface area contributed by atoms with Crippen LogP contribution in [-0.2, 0) is 9.59 Å². The number of piperidine rings is 1. The van der Waals surface area contributed by atoms with Crippen molar-refractivity contribution in [3.8, 4) is 17.2 Å². The third-order valence-corrected chi connectivity index (χ3v) is 4.97. The van der Waals surface area contributed by atoms with Gasteiger partial charge in [-0.25, -0.2) is 0 Å². The number of ether oxygens (including phenoxy) is 3. The Balaban J connectivity index is 1.62. The zero-order chi connectivity index (χ0) is 18.0. The molecule has 2 fully saturated rings. The number of hydrogen-bond acceptors (Lipinski definition) is 5. The van der Waals surface area contributed by atoms with Crippen molar-refractivity contribution in [1.82, 2.24) is 4.90 Å². The predicted molar refractivity (Wildman–Crippen MR) is 89.1 cm³/mol. The van der Waals surface area contributed by atoms with Crippen molar-refractivity contribution in [2.24, 2.45) is 5.41 Å². The van der Waals surface area contributed by atoms with E-state index in [-0.39, 0.29) is 12.0 Å². The van der Waals surface area contributed by atoms with Crippen LogP contribution in [-0.4, -0.2) is 55.3 Å². The topological polar surface area (TPSA) is 85.3 Å². The van der Waals surface area contributed by atoms with E-state index in [1.54, 1.807) is 31.3 Å². The highest BCUT2D eigenvalue weighted by molar-refractivity contribution is 6.04. The molecule has 1 aliphatic carbocycles. The highest BCUT2D eigenvalue weighted by atomic mass is 16.5. The number of carboxylic acid groups (broad SMARTS) is 1. The van der Waals surface area contributed by atoms with E-state index in [2.05, 4.69) is 0 Å². The van der Waals surface area contributed by atoms with E-state index in [0.29, 0.717) is 56.0 Å². The van der Waals surface area contributed by atoms with Crippen molar-refractivity contribution in [2.75, 3.05) is 27.3 Å². The summed E-state index contributed by atoms with van der Waals surface area (Å²) in [4.78, 5) is 25.4. The second kappa shape index (κ2) is 6.82. The number of likely N-dealkylation sites (tertiary alicyclic amines) is 1. The molecule has 25 heavy (non-hydrogen) atoms. The van der Waals surface area contributed by atoms with E-state index in [0.717, 1.165) is 0 Å². The number of rotatable bonds is 6. The number of carbonyl (C=O) groups excluding carboxylic acids is 1. The Kier molecular flexibility index (Phi) is 4.74. The van der Waals surface area contributed by atoms with Crippen LogP contribution in [0.3, 0.4) is 0 Å². The van der Waals surface area contributed by atoms with Crippen LogP contribution in [0.2, 0.25) is 0 Å². The lowest BCUT2D eigenvalue weighted by atomic mass is 10.0. The van der Waals surface area contributed by atoms with E-state index in [9.17, 15) is 14.7 Å². The molecule has 1 aromatic carbocycles. The lowest BCUT2D eigenvalue weighted by molar-refractivity contribution is -0.154. The molecule has 3 rings (SSSR count). The summed E-state index contributed by atoms with van der Waals surface area (Å²) in [5.74, 6) is 0.491. The maximum absolute atomic E-state index is 12.5. The molecule has 0 bridgehead atoms. The first-order chi connectivity index (χ1) is 12.0. The molecular weight excluding hydrogens is 326 g/mol. The van der Waals surface area contributed by atoms with Crippen LogP contribution >= 0.6 is 0 Å². The van der Waals surface area contributed by atoms with Crippen LogP contribution in [0.25, 0.3) is 0 Å². The van der Waals surface area contributed by atoms with Gasteiger partial charge in [-0.2, -0.15) is 0 Å². The van der Waals surface area contributed by atoms with Crippen LogP contribution < -0.4 is 14.2 Å². The van der Waals surface area contributed by atoms with Crippen LogP contribution in [0.1, 0.15) is 25.7 Å². The molecule has 1 N–H and O–H groups in total. The maximum Gasteiger partial charge on any atom is 0.319 e. The van der Waals surface area contributed by atoms with Gasteiger partial charge in [0.1, 0.15) is 11.5 Å². The Hall–Kier alpha value is -2.44. The SMILES string of the molecule is COc1cccc(OC)c1OC1CCN(C(=O)C2(C(=O)O)CC2)CC1. The van der Waals surface area contributed by atoms with Crippen LogP contribution in [0.15, 0.2) is 18.2 Å². The molecule has 7 heteroatoms. The minimum Gasteiger partial charge on any atom is -0.493 e. The van der Waals surface area contributed by atoms with E-state index in [1.807, 2.05) is 6.07 Å². The first-order valence-electron chi connectivity index (χ1n) is 8.42. The molecule has 0 radical (unpaired) electrons. The molecule has 1 saturated heterocycles. The minimum absolute atomic E-state index is 0.0748. The fraction of sp³-hybridized carbons (Fsp3) is 0.556. The minimum atomic E-state index is -1.17. The van der Waals surface area contributed by atoms with Gasteiger partial charge < -0.3 is 24.2 Å². The number of carboxylic acids is 1. The van der Waals surface area contributed by atoms with Gasteiger partial charge in [-0.3, -0.25) is 9.59 Å². The van der Waals surface area contributed by atoms with Crippen LogP contribution in [0.5, 0.6) is 17.2 Å². The summed E-state index contributed by atoms with van der Waals surface area (Å²) < 4.78 is 16.7. The third-order valence-electron chi connectivity index (χ3n) is 4.97. The normalized spacial score (nSPS) is 19.2. The van der Waals surface area contributed by atoms with Gasteiger partial charge in [0, 0.05) is 25.9 Å². The van der Waals surface area contributed by atoms with Gasteiger partial charge in [0.05, 0.1) is 14.2 Å². The largest absolute Gasteiger partial charge is 0.493 e. The summed E-state index contributed by atoms with van der Waals surface area (Å²) in [6, 6.07) is 5.44. The Morgan fingerprint density at radius 3 is 2.12 bits per heavy atom. The van der Waals surface area contributed by atoms with Gasteiger partial charge in [-0.15, -0.1) is 0 Å². The zero-order valence-corrected chi connectivity index (χ0v) is 14.5. The molecule has 1 aromatic rings. The fourth-order valence-electron chi connectivity index (χ4n) is 3.22. The number of nitrogens with zero attached hydrogens (tertiary/aromatic N) is 1. The number of amides is 1. The highest BCUT2D eigenvalue weighted by Gasteiger charge is 2.58. The summed E-state index contributed by atoms with van der Waals surface area (Å²) in [5.41, 5.74) is -1.17. The predicted octanol–water partition coefficient (Wildman–Crippen LogP) is 1.94. The van der Waals surface area contributed by atoms with Gasteiger partial charge in [0.2, 0.25) is 11.7 Å². The van der Waals surface area contributed by atoms with Crippen LogP contribution in [0, 0.1) is 5.41 Å². The van der Waals surface area contributed by atoms with E-state index in [4.69, 9.17) is 14.2 Å². The fourth-order valence-corrected chi connectivity index (χ4v) is 3.22. The number of benzene rings is 1. The zero-order valence-electron chi connectivity index (χ0n) is 14.5. The second-order valence-electron chi connectivity index (χ2n) is 6.49. The standard InChI is InChI=1S/C18H23NO6/c1-23-13-4-3-5-14(24-2)15(13)25-12-6-10-19(11-7-12)16(20)18(8-9-18)17(21)22/h3-5,12H,6-11H2,1-2H3,(H,21,22). The van der Waals surface area contributed by atoms with E-state index in [1.165, 1.54) is 0 Å². The number of para-hydroxylation sites is 1. The van der Waals surface area contributed by atoms with E-state index >= 15 is 0 Å². The maximum atomic E-state index is 12.5. The van der Waals surface area contributed by atoms with Gasteiger partial charge in [-0.05, 0) is 25.0 Å². The molecule has 0 spiro atoms. The average Bonchev–Trinajstić information content (AvgIpc) is 3.44. The first-order valence-corrected chi connectivity index (χ1v) is 8.42. The Bertz CT molecular complexity index is 639. The van der Waals surface area contributed by atoms with E-state index < -0.39 is 11.4 Å². The number of aliphatic carboxylic acids is 1. The van der Waals surface area contributed by atoms with Crippen molar-refractivity contribution in [2.45, 2.75) is 31.8 Å². The quantitative estimate of drug-likeness (QED) is 0.790. The van der Waals surface area contributed by atoms with Crippen molar-refractivity contribution in [3.05, 3.63) is 18.2 Å². The van der Waals surface area contributed by atoms with Crippen molar-refractivity contribution >= 4 is 11.9 Å². The summed E-state index contributed by atoms with van der Waals surface area (Å²) in [6.07, 6.45) is 2.09. The average molecular weight is 349 g/mol. The molecule has 0 aromatic heterocycles. The highest BCUT2D eigenvalue weighted by Crippen LogP contribution is 2.48. The summed E-state index contributed by atoms with van der Waals surface area (Å²) in [7, 11) is 3.15. The smallest absolute Gasteiger partial charge is 0.319 e. The van der Waals surface area contributed by atoms with Gasteiger partial charge >= 0.3 is 5.97 Å². The second-order valence-corrected chi connectivity index (χ2v) is 6.49. The first kappa shape index (κ1) is 17.4. The molecule has 1 amide bonds. The summed E-state index contributed by atoms with van der Waals surface area (Å²) in [6.45, 7) is 0.992. The molecular formula is C18H23NO6. The monoisotopic (exact) mass is 349 g/mol. The Labute approximate surface area is 146 Å². The molecule has 0 unspecified atom stereocenters. The van der Waals surface area contributed by atoms with Crippen LogP contribution in [0.4, 0.5) is 0 Å². The number of hydrogen-bond donors (Lipinski definition) is 1. The van der Waals surface area contributed by atoms with Gasteiger partial charge in [0.15, 0.2) is 11.5 Å². The van der Waals surface area contributed by atoms with Crippen molar-refractivity contribution in [1.29, 1.82) is 0 Å². The lowest BCUT2D eigenvalue weighted by Gasteiger charge is -2.34. The molecule has 1 saturated carbocycles. The molecule has 2 aliphatic rings. The molecule has 7 nitrogen and oxygen atoms in total. The Morgan fingerprint density at radius 1 is 1.12 bits per heavy atom. The van der Waals surface area contributed by atoms with Crippen molar-refractivity contribution in [3.63, 3.8) is 0 Å². The number of carbonyl (C=O) groups is 2. The van der Waals surface area contributed by atoms with Gasteiger partial charge in [0.25, 0.3) is 0 Å². The number of methoxy groups -OCH3 is 2. The molecule has 136 valence electrons.